The maximum atomic E-state index is 10.6. The predicted molar refractivity (Wildman–Crippen MR) is 67.1 cm³/mol. The highest BCUT2D eigenvalue weighted by atomic mass is 16.4. The summed E-state index contributed by atoms with van der Waals surface area (Å²) in [6, 6.07) is 0.194. The van der Waals surface area contributed by atoms with E-state index in [0.717, 1.165) is 18.8 Å². The molecule has 4 nitrogen and oxygen atoms in total. The fourth-order valence-electron chi connectivity index (χ4n) is 3.36. The Morgan fingerprint density at radius 1 is 1.41 bits per heavy atom. The van der Waals surface area contributed by atoms with Gasteiger partial charge in [0.05, 0.1) is 0 Å². The van der Waals surface area contributed by atoms with Crippen molar-refractivity contribution in [3.8, 4) is 0 Å². The lowest BCUT2D eigenvalue weighted by molar-refractivity contribution is 0.158. The number of amides is 1. The van der Waals surface area contributed by atoms with Crippen LogP contribution in [0.4, 0.5) is 4.79 Å². The second-order valence-electron chi connectivity index (χ2n) is 5.83. The topological polar surface area (TPSA) is 52.6 Å². The molecule has 4 heteroatoms. The first-order valence-corrected chi connectivity index (χ1v) is 6.85. The van der Waals surface area contributed by atoms with Crippen LogP contribution < -0.4 is 5.32 Å². The molecule has 1 aliphatic heterocycles. The smallest absolute Gasteiger partial charge is 0.404 e. The standard InChI is InChI=1S/C13H24N2O2/c1-10-3-2-6-15(8-10)9-11-4-5-12(7-11)14-13(16)17/h10-12,14H,2-9H2,1H3,(H,16,17)/t10?,11-,12+/m0/s1. The third kappa shape index (κ3) is 3.87. The van der Waals surface area contributed by atoms with Crippen molar-refractivity contribution in [1.82, 2.24) is 10.2 Å². The summed E-state index contributed by atoms with van der Waals surface area (Å²) in [5.41, 5.74) is 0. The lowest BCUT2D eigenvalue weighted by Crippen LogP contribution is -2.38. The number of hydrogen-bond donors (Lipinski definition) is 2. The Bertz CT molecular complexity index is 270. The van der Waals surface area contributed by atoms with Gasteiger partial charge in [-0.2, -0.15) is 0 Å². The molecule has 1 unspecified atom stereocenters. The maximum Gasteiger partial charge on any atom is 0.404 e. The van der Waals surface area contributed by atoms with Crippen molar-refractivity contribution in [2.24, 2.45) is 11.8 Å². The molecule has 98 valence electrons. The second kappa shape index (κ2) is 5.71. The molecule has 1 amide bonds. The Hall–Kier alpha value is -0.770. The molecule has 2 rings (SSSR count). The first kappa shape index (κ1) is 12.7. The molecule has 0 aromatic heterocycles. The highest BCUT2D eigenvalue weighted by Gasteiger charge is 2.28. The molecule has 0 aromatic carbocycles. The first-order valence-electron chi connectivity index (χ1n) is 6.85. The van der Waals surface area contributed by atoms with Gasteiger partial charge in [0.1, 0.15) is 0 Å². The maximum absolute atomic E-state index is 10.6. The summed E-state index contributed by atoms with van der Waals surface area (Å²) >= 11 is 0. The SMILES string of the molecule is CC1CCCN(C[C@H]2CC[C@@H](NC(=O)O)C2)C1. The zero-order valence-electron chi connectivity index (χ0n) is 10.7. The summed E-state index contributed by atoms with van der Waals surface area (Å²) in [6.45, 7) is 5.96. The van der Waals surface area contributed by atoms with Gasteiger partial charge >= 0.3 is 6.09 Å². The van der Waals surface area contributed by atoms with Crippen LogP contribution in [0.1, 0.15) is 39.0 Å². The molecule has 1 saturated heterocycles. The third-order valence-electron chi connectivity index (χ3n) is 4.13. The van der Waals surface area contributed by atoms with E-state index in [2.05, 4.69) is 17.1 Å². The minimum atomic E-state index is -0.873. The Morgan fingerprint density at radius 3 is 2.94 bits per heavy atom. The zero-order chi connectivity index (χ0) is 12.3. The van der Waals surface area contributed by atoms with Crippen LogP contribution in [0.2, 0.25) is 0 Å². The van der Waals surface area contributed by atoms with Gasteiger partial charge in [-0.25, -0.2) is 4.79 Å². The van der Waals surface area contributed by atoms with Crippen LogP contribution in [0.15, 0.2) is 0 Å². The van der Waals surface area contributed by atoms with Gasteiger partial charge < -0.3 is 15.3 Å². The number of rotatable bonds is 3. The van der Waals surface area contributed by atoms with E-state index in [1.54, 1.807) is 0 Å². The monoisotopic (exact) mass is 240 g/mol. The van der Waals surface area contributed by atoms with E-state index in [4.69, 9.17) is 5.11 Å². The van der Waals surface area contributed by atoms with Gasteiger partial charge in [-0.3, -0.25) is 0 Å². The Balaban J connectivity index is 1.71. The van der Waals surface area contributed by atoms with E-state index < -0.39 is 6.09 Å². The molecule has 0 spiro atoms. The van der Waals surface area contributed by atoms with Gasteiger partial charge in [0.2, 0.25) is 0 Å². The average Bonchev–Trinajstić information content (AvgIpc) is 2.64. The largest absolute Gasteiger partial charge is 0.465 e. The van der Waals surface area contributed by atoms with Gasteiger partial charge in [0.25, 0.3) is 0 Å². The number of nitrogens with zero attached hydrogens (tertiary/aromatic N) is 1. The van der Waals surface area contributed by atoms with Gasteiger partial charge in [-0.1, -0.05) is 6.92 Å². The van der Waals surface area contributed by atoms with Gasteiger partial charge in [-0.15, -0.1) is 0 Å². The summed E-state index contributed by atoms with van der Waals surface area (Å²) in [6.07, 6.45) is 5.03. The number of piperidine rings is 1. The molecule has 3 atom stereocenters. The molecular weight excluding hydrogens is 216 g/mol. The van der Waals surface area contributed by atoms with Crippen LogP contribution in [0.25, 0.3) is 0 Å². The predicted octanol–water partition coefficient (Wildman–Crippen LogP) is 2.15. The average molecular weight is 240 g/mol. The van der Waals surface area contributed by atoms with Crippen LogP contribution in [-0.4, -0.2) is 41.8 Å². The third-order valence-corrected chi connectivity index (χ3v) is 4.13. The summed E-state index contributed by atoms with van der Waals surface area (Å²) in [4.78, 5) is 13.1. The van der Waals surface area contributed by atoms with Crippen molar-refractivity contribution in [3.63, 3.8) is 0 Å². The van der Waals surface area contributed by atoms with E-state index in [9.17, 15) is 4.79 Å². The van der Waals surface area contributed by atoms with Crippen molar-refractivity contribution in [3.05, 3.63) is 0 Å². The second-order valence-corrected chi connectivity index (χ2v) is 5.83. The van der Waals surface area contributed by atoms with E-state index in [1.807, 2.05) is 0 Å². The fourth-order valence-corrected chi connectivity index (χ4v) is 3.36. The van der Waals surface area contributed by atoms with Crippen molar-refractivity contribution in [1.29, 1.82) is 0 Å². The molecular formula is C13H24N2O2. The van der Waals surface area contributed by atoms with Crippen LogP contribution >= 0.6 is 0 Å². The number of hydrogen-bond acceptors (Lipinski definition) is 2. The molecule has 1 saturated carbocycles. The van der Waals surface area contributed by atoms with Gasteiger partial charge in [0, 0.05) is 19.1 Å². The summed E-state index contributed by atoms with van der Waals surface area (Å²) in [7, 11) is 0. The van der Waals surface area contributed by atoms with E-state index in [1.165, 1.54) is 38.9 Å². The Morgan fingerprint density at radius 2 is 2.24 bits per heavy atom. The van der Waals surface area contributed by atoms with Gasteiger partial charge in [0.15, 0.2) is 0 Å². The number of nitrogens with one attached hydrogen (secondary N) is 1. The molecule has 0 aromatic rings. The minimum absolute atomic E-state index is 0.194. The Kier molecular flexibility index (Phi) is 4.26. The Labute approximate surface area is 103 Å². The van der Waals surface area contributed by atoms with Crippen LogP contribution in [0, 0.1) is 11.8 Å². The molecule has 1 aliphatic carbocycles. The first-order chi connectivity index (χ1) is 8.13. The van der Waals surface area contributed by atoms with Crippen molar-refractivity contribution >= 4 is 6.09 Å². The van der Waals surface area contributed by atoms with E-state index >= 15 is 0 Å². The van der Waals surface area contributed by atoms with Crippen molar-refractivity contribution in [2.75, 3.05) is 19.6 Å². The molecule has 17 heavy (non-hydrogen) atoms. The molecule has 2 aliphatic rings. The van der Waals surface area contributed by atoms with Gasteiger partial charge in [-0.05, 0) is 50.5 Å². The molecule has 1 heterocycles. The summed E-state index contributed by atoms with van der Waals surface area (Å²) < 4.78 is 0. The molecule has 2 N–H and O–H groups in total. The summed E-state index contributed by atoms with van der Waals surface area (Å²) in [5.74, 6) is 1.52. The number of carbonyl (C=O) groups is 1. The van der Waals surface area contributed by atoms with Crippen molar-refractivity contribution in [2.45, 2.75) is 45.1 Å². The number of likely N-dealkylation sites (tertiary alicyclic amines) is 1. The quantitative estimate of drug-likeness (QED) is 0.794. The minimum Gasteiger partial charge on any atom is -0.465 e. The lowest BCUT2D eigenvalue weighted by atomic mass is 9.98. The number of carboxylic acid groups (broad SMARTS) is 1. The highest BCUT2D eigenvalue weighted by molar-refractivity contribution is 5.64. The van der Waals surface area contributed by atoms with E-state index in [0.29, 0.717) is 5.92 Å². The van der Waals surface area contributed by atoms with Crippen LogP contribution in [0.3, 0.4) is 0 Å². The zero-order valence-corrected chi connectivity index (χ0v) is 10.7. The highest BCUT2D eigenvalue weighted by Crippen LogP contribution is 2.27. The van der Waals surface area contributed by atoms with Crippen molar-refractivity contribution < 1.29 is 9.90 Å². The summed E-state index contributed by atoms with van der Waals surface area (Å²) in [5, 5.41) is 11.3. The van der Waals surface area contributed by atoms with Crippen LogP contribution in [0.5, 0.6) is 0 Å². The van der Waals surface area contributed by atoms with Crippen LogP contribution in [-0.2, 0) is 0 Å². The fraction of sp³-hybridized carbons (Fsp3) is 0.923. The molecule has 2 fully saturated rings. The molecule has 0 bridgehead atoms. The normalized spacial score (nSPS) is 34.8. The lowest BCUT2D eigenvalue weighted by Gasteiger charge is -2.32. The van der Waals surface area contributed by atoms with E-state index in [-0.39, 0.29) is 6.04 Å². The molecule has 0 radical (unpaired) electrons.